The third-order valence-electron chi connectivity index (χ3n) is 6.93. The first-order valence-electron chi connectivity index (χ1n) is 11.3. The Morgan fingerprint density at radius 3 is 2.76 bits per heavy atom. The summed E-state index contributed by atoms with van der Waals surface area (Å²) in [5.41, 5.74) is 1.27. The first-order chi connectivity index (χ1) is 13.8. The van der Waals surface area contributed by atoms with E-state index in [1.54, 1.807) is 0 Å². The van der Waals surface area contributed by atoms with Gasteiger partial charge in [-0.1, -0.05) is 45.9 Å². The van der Waals surface area contributed by atoms with Crippen LogP contribution in [0.25, 0.3) is 0 Å². The number of carbonyl (C=O) groups excluding carboxylic acids is 2. The normalized spacial score (nSPS) is 37.9. The lowest BCUT2D eigenvalue weighted by Crippen LogP contribution is -2.42. The second-order valence-corrected chi connectivity index (χ2v) is 9.36. The maximum absolute atomic E-state index is 12.5. The predicted octanol–water partition coefficient (Wildman–Crippen LogP) is 4.20. The number of esters is 2. The molecule has 0 aromatic heterocycles. The van der Waals surface area contributed by atoms with E-state index in [9.17, 15) is 14.7 Å². The first-order valence-corrected chi connectivity index (χ1v) is 11.3. The highest BCUT2D eigenvalue weighted by atomic mass is 16.5. The minimum atomic E-state index is -0.597. The highest BCUT2D eigenvalue weighted by Gasteiger charge is 2.42. The summed E-state index contributed by atoms with van der Waals surface area (Å²) in [7, 11) is 0. The molecule has 3 aliphatic rings. The Kier molecular flexibility index (Phi) is 7.20. The van der Waals surface area contributed by atoms with Crippen molar-refractivity contribution in [2.24, 2.45) is 29.6 Å². The molecule has 0 aromatic carbocycles. The number of aliphatic hydroxyl groups excluding tert-OH is 1. The number of aliphatic hydroxyl groups is 1. The zero-order valence-electron chi connectivity index (χ0n) is 18.2. The van der Waals surface area contributed by atoms with Crippen LogP contribution in [-0.4, -0.2) is 35.4 Å². The molecule has 8 atom stereocenters. The second kappa shape index (κ2) is 9.46. The lowest BCUT2D eigenvalue weighted by Gasteiger charge is -2.43. The number of hydrogen-bond acceptors (Lipinski definition) is 5. The molecular weight excluding hydrogens is 368 g/mol. The molecule has 1 heterocycles. The van der Waals surface area contributed by atoms with Gasteiger partial charge in [-0.15, -0.1) is 0 Å². The maximum atomic E-state index is 12.5. The molecule has 5 nitrogen and oxygen atoms in total. The summed E-state index contributed by atoms with van der Waals surface area (Å²) < 4.78 is 11.5. The average Bonchev–Trinajstić information content (AvgIpc) is 2.65. The van der Waals surface area contributed by atoms with E-state index in [2.05, 4.69) is 32.1 Å². The molecule has 1 fully saturated rings. The van der Waals surface area contributed by atoms with E-state index in [1.165, 1.54) is 5.57 Å². The zero-order valence-corrected chi connectivity index (χ0v) is 18.2. The van der Waals surface area contributed by atoms with Gasteiger partial charge >= 0.3 is 11.9 Å². The van der Waals surface area contributed by atoms with Crippen molar-refractivity contribution in [1.29, 1.82) is 0 Å². The van der Waals surface area contributed by atoms with Crippen LogP contribution in [0.5, 0.6) is 0 Å². The Bertz CT molecular complexity index is 666. The van der Waals surface area contributed by atoms with E-state index < -0.39 is 6.10 Å². The van der Waals surface area contributed by atoms with Gasteiger partial charge in [0.15, 0.2) is 0 Å². The standard InChI is InChI=1S/C24H36O5/c1-5-15(3)24(27)29-21-11-14(2)10-17-7-6-16(4)20(23(17)21)9-8-19-12-18(25)13-22(26)28-19/h6-7,10,14-16,18-21,23,25H,5,8-9,11-13H2,1-4H3/t14-,15+,16-,18+,19-,20+,21+,23-/m0/s1. The lowest BCUT2D eigenvalue weighted by molar-refractivity contribution is -0.162. The Hall–Kier alpha value is -1.62. The quantitative estimate of drug-likeness (QED) is 0.672. The molecule has 0 amide bonds. The Morgan fingerprint density at radius 1 is 1.31 bits per heavy atom. The molecule has 1 N–H and O–H groups in total. The Balaban J connectivity index is 1.74. The van der Waals surface area contributed by atoms with Gasteiger partial charge in [-0.3, -0.25) is 9.59 Å². The summed E-state index contributed by atoms with van der Waals surface area (Å²) in [6, 6.07) is 0. The van der Waals surface area contributed by atoms with Crippen molar-refractivity contribution in [3.05, 3.63) is 23.8 Å². The van der Waals surface area contributed by atoms with E-state index >= 15 is 0 Å². The summed E-state index contributed by atoms with van der Waals surface area (Å²) in [6.45, 7) is 8.33. The Labute approximate surface area is 174 Å². The van der Waals surface area contributed by atoms with Crippen LogP contribution in [0.15, 0.2) is 23.8 Å². The molecule has 29 heavy (non-hydrogen) atoms. The summed E-state index contributed by atoms with van der Waals surface area (Å²) in [5, 5.41) is 9.89. The molecule has 0 radical (unpaired) electrons. The van der Waals surface area contributed by atoms with Gasteiger partial charge in [-0.05, 0) is 49.0 Å². The maximum Gasteiger partial charge on any atom is 0.308 e. The minimum absolute atomic E-state index is 0.0854. The van der Waals surface area contributed by atoms with Crippen LogP contribution in [0.3, 0.4) is 0 Å². The largest absolute Gasteiger partial charge is 0.462 e. The van der Waals surface area contributed by atoms with Gasteiger partial charge in [0.1, 0.15) is 12.2 Å². The van der Waals surface area contributed by atoms with Crippen LogP contribution in [0.1, 0.15) is 66.2 Å². The second-order valence-electron chi connectivity index (χ2n) is 9.36. The third kappa shape index (κ3) is 5.30. The van der Waals surface area contributed by atoms with E-state index in [1.807, 2.05) is 13.8 Å². The number of cyclic esters (lactones) is 1. The highest BCUT2D eigenvalue weighted by molar-refractivity contribution is 5.72. The molecular formula is C24H36O5. The monoisotopic (exact) mass is 404 g/mol. The fraction of sp³-hybridized carbons (Fsp3) is 0.750. The van der Waals surface area contributed by atoms with Crippen LogP contribution in [-0.2, 0) is 19.1 Å². The molecule has 3 rings (SSSR count). The van der Waals surface area contributed by atoms with Crippen molar-refractivity contribution in [1.82, 2.24) is 0 Å². The van der Waals surface area contributed by atoms with Gasteiger partial charge in [0.2, 0.25) is 0 Å². The van der Waals surface area contributed by atoms with Crippen molar-refractivity contribution in [3.63, 3.8) is 0 Å². The fourth-order valence-electron chi connectivity index (χ4n) is 5.07. The highest BCUT2D eigenvalue weighted by Crippen LogP contribution is 2.45. The average molecular weight is 405 g/mol. The van der Waals surface area contributed by atoms with Crippen molar-refractivity contribution < 1.29 is 24.2 Å². The van der Waals surface area contributed by atoms with Crippen LogP contribution < -0.4 is 0 Å². The van der Waals surface area contributed by atoms with E-state index in [4.69, 9.17) is 9.47 Å². The predicted molar refractivity (Wildman–Crippen MR) is 111 cm³/mol. The topological polar surface area (TPSA) is 72.8 Å². The van der Waals surface area contributed by atoms with E-state index in [0.717, 1.165) is 25.7 Å². The lowest BCUT2D eigenvalue weighted by atomic mass is 9.65. The third-order valence-corrected chi connectivity index (χ3v) is 6.93. The molecule has 2 aliphatic carbocycles. The first kappa shape index (κ1) is 22.1. The number of fused-ring (bicyclic) bond motifs is 1. The molecule has 0 spiro atoms. The summed E-state index contributed by atoms with van der Waals surface area (Å²) in [6.07, 6.45) is 9.70. The van der Waals surface area contributed by atoms with Gasteiger partial charge in [0.25, 0.3) is 0 Å². The number of carbonyl (C=O) groups is 2. The fourth-order valence-corrected chi connectivity index (χ4v) is 5.07. The van der Waals surface area contributed by atoms with Crippen molar-refractivity contribution >= 4 is 11.9 Å². The van der Waals surface area contributed by atoms with Gasteiger partial charge < -0.3 is 14.6 Å². The smallest absolute Gasteiger partial charge is 0.308 e. The van der Waals surface area contributed by atoms with Crippen molar-refractivity contribution in [3.8, 4) is 0 Å². The van der Waals surface area contributed by atoms with E-state index in [0.29, 0.717) is 24.2 Å². The number of ether oxygens (including phenoxy) is 2. The number of rotatable bonds is 6. The van der Waals surface area contributed by atoms with Gasteiger partial charge in [0.05, 0.1) is 18.4 Å². The molecule has 1 saturated heterocycles. The Morgan fingerprint density at radius 2 is 2.07 bits per heavy atom. The van der Waals surface area contributed by atoms with Crippen LogP contribution in [0, 0.1) is 29.6 Å². The molecule has 0 bridgehead atoms. The van der Waals surface area contributed by atoms with Crippen molar-refractivity contribution in [2.75, 3.05) is 0 Å². The van der Waals surface area contributed by atoms with E-state index in [-0.39, 0.29) is 42.4 Å². The molecule has 0 saturated carbocycles. The number of allylic oxidation sites excluding steroid dienone is 3. The zero-order chi connectivity index (χ0) is 21.1. The molecule has 5 heteroatoms. The van der Waals surface area contributed by atoms with Gasteiger partial charge in [0, 0.05) is 12.3 Å². The van der Waals surface area contributed by atoms with Crippen LogP contribution in [0.4, 0.5) is 0 Å². The van der Waals surface area contributed by atoms with Crippen molar-refractivity contribution in [2.45, 2.75) is 84.5 Å². The van der Waals surface area contributed by atoms with Crippen LogP contribution in [0.2, 0.25) is 0 Å². The molecule has 1 aliphatic heterocycles. The molecule has 0 unspecified atom stereocenters. The van der Waals surface area contributed by atoms with Gasteiger partial charge in [-0.25, -0.2) is 0 Å². The van der Waals surface area contributed by atoms with Crippen LogP contribution >= 0.6 is 0 Å². The molecule has 0 aromatic rings. The molecule has 162 valence electrons. The number of hydrogen-bond donors (Lipinski definition) is 1. The minimum Gasteiger partial charge on any atom is -0.462 e. The summed E-state index contributed by atoms with van der Waals surface area (Å²) >= 11 is 0. The summed E-state index contributed by atoms with van der Waals surface area (Å²) in [5.74, 6) is 0.755. The van der Waals surface area contributed by atoms with Gasteiger partial charge in [-0.2, -0.15) is 0 Å². The summed E-state index contributed by atoms with van der Waals surface area (Å²) in [4.78, 5) is 24.2. The SMILES string of the molecule is CC[C@@H](C)C(=O)O[C@@H]1C[C@@H](C)C=C2C=C[C@H](C)[C@@H](CC[C@H]3C[C@@H](O)CC(=O)O3)[C@H]21.